The molecule has 1 aromatic rings. The first-order valence-corrected chi connectivity index (χ1v) is 3.78. The molecule has 0 aliphatic heterocycles. The third-order valence-electron chi connectivity index (χ3n) is 0.708. The molecule has 0 saturated carbocycles. The van der Waals surface area contributed by atoms with Crippen LogP contribution in [0.25, 0.3) is 0 Å². The Morgan fingerprint density at radius 2 is 2.00 bits per heavy atom. The molecule has 0 amide bonds. The van der Waals surface area contributed by atoms with Gasteiger partial charge in [0.25, 0.3) is 0 Å². The quantitative estimate of drug-likeness (QED) is 0.366. The van der Waals surface area contributed by atoms with E-state index in [1.54, 1.807) is 0 Å². The lowest BCUT2D eigenvalue weighted by atomic mass is 10.1. The molecule has 1 heterocycles. The van der Waals surface area contributed by atoms with Gasteiger partial charge in [-0.25, -0.2) is 9.97 Å². The van der Waals surface area contributed by atoms with E-state index in [-0.39, 0.29) is 0 Å². The van der Waals surface area contributed by atoms with Crippen molar-refractivity contribution < 1.29 is 0 Å². The fourth-order valence-corrected chi connectivity index (χ4v) is 1.44. The first-order chi connectivity index (χ1) is 4.18. The molecular weight excluding hydrogens is 248 g/mol. The minimum absolute atomic E-state index is 0.479. The molecule has 0 N–H and O–H groups in total. The van der Waals surface area contributed by atoms with Gasteiger partial charge >= 0.3 is 0 Å². The van der Waals surface area contributed by atoms with Gasteiger partial charge in [0, 0.05) is 22.6 Å². The van der Waals surface area contributed by atoms with Crippen LogP contribution < -0.4 is 5.72 Å². The molecule has 0 spiro atoms. The van der Waals surface area contributed by atoms with Gasteiger partial charge < -0.3 is 0 Å². The molecule has 1 rings (SSSR count). The molecule has 3 nitrogen and oxygen atoms in total. The van der Waals surface area contributed by atoms with Gasteiger partial charge in [-0.3, -0.25) is 0 Å². The van der Waals surface area contributed by atoms with Crippen molar-refractivity contribution in [1.82, 2.24) is 15.0 Å². The maximum absolute atomic E-state index is 3.96. The molecule has 46 valence electrons. The van der Waals surface area contributed by atoms with Gasteiger partial charge in [-0.05, 0) is 0 Å². The van der Waals surface area contributed by atoms with Gasteiger partial charge in [-0.15, -0.1) is 12.6 Å². The number of thiol groups is 1. The highest BCUT2D eigenvalue weighted by Crippen LogP contribution is 1.95. The smallest absolute Gasteiger partial charge is 0.194 e. The Hall–Kier alpha value is 0.155. The third kappa shape index (κ3) is 2.09. The maximum atomic E-state index is 3.96. The van der Waals surface area contributed by atoms with Crippen LogP contribution in [-0.4, -0.2) is 22.8 Å². The van der Waals surface area contributed by atoms with Crippen molar-refractivity contribution in [2.45, 2.75) is 5.16 Å². The lowest BCUT2D eigenvalue weighted by molar-refractivity contribution is 0.907. The van der Waals surface area contributed by atoms with Crippen molar-refractivity contribution in [2.75, 3.05) is 0 Å². The van der Waals surface area contributed by atoms with Crippen molar-refractivity contribution in [3.05, 3.63) is 3.83 Å². The van der Waals surface area contributed by atoms with Gasteiger partial charge in [-0.1, -0.05) is 0 Å². The van der Waals surface area contributed by atoms with Gasteiger partial charge in [0.05, 0.1) is 5.72 Å². The van der Waals surface area contributed by atoms with Crippen molar-refractivity contribution in [2.24, 2.45) is 0 Å². The summed E-state index contributed by atoms with van der Waals surface area (Å²) >= 11 is 5.98. The number of aromatic nitrogens is 3. The molecular formula is C3H3BIN3S. The van der Waals surface area contributed by atoms with Crippen molar-refractivity contribution in [3.63, 3.8) is 0 Å². The molecule has 0 bridgehead atoms. The Balaban J connectivity index is 3.17. The average molecular weight is 251 g/mol. The van der Waals surface area contributed by atoms with Crippen LogP contribution in [0.4, 0.5) is 0 Å². The van der Waals surface area contributed by atoms with Gasteiger partial charge in [0.2, 0.25) is 0 Å². The summed E-state index contributed by atoms with van der Waals surface area (Å²) in [5.74, 6) is 0. The molecule has 9 heavy (non-hydrogen) atoms. The Labute approximate surface area is 72.7 Å². The fraction of sp³-hybridized carbons (Fsp3) is 0. The van der Waals surface area contributed by atoms with Crippen LogP contribution in [0.1, 0.15) is 0 Å². The highest BCUT2D eigenvalue weighted by atomic mass is 127. The predicted molar refractivity (Wildman–Crippen MR) is 48.0 cm³/mol. The molecule has 0 aliphatic carbocycles. The molecule has 0 aliphatic rings. The van der Waals surface area contributed by atoms with Crippen LogP contribution in [-0.2, 0) is 0 Å². The highest BCUT2D eigenvalue weighted by Gasteiger charge is 1.93. The Morgan fingerprint density at radius 3 is 2.44 bits per heavy atom. The summed E-state index contributed by atoms with van der Waals surface area (Å²) in [5.41, 5.74) is 0.708. The van der Waals surface area contributed by atoms with Crippen molar-refractivity contribution in [1.29, 1.82) is 0 Å². The fourth-order valence-electron chi connectivity index (χ4n) is 0.436. The minimum atomic E-state index is 0.479. The van der Waals surface area contributed by atoms with Crippen LogP contribution in [0.5, 0.6) is 0 Å². The number of nitrogens with zero attached hydrogens (tertiary/aromatic N) is 3. The first-order valence-electron chi connectivity index (χ1n) is 2.25. The number of rotatable bonds is 0. The molecule has 0 saturated heterocycles. The Morgan fingerprint density at radius 1 is 1.33 bits per heavy atom. The normalized spacial score (nSPS) is 9.56. The van der Waals surface area contributed by atoms with E-state index in [1.807, 2.05) is 30.4 Å². The van der Waals surface area contributed by atoms with E-state index >= 15 is 0 Å². The number of hydrogen-bond donors (Lipinski definition) is 1. The topological polar surface area (TPSA) is 38.7 Å². The zero-order valence-corrected chi connectivity index (χ0v) is 7.72. The second-order valence-corrected chi connectivity index (χ2v) is 2.82. The van der Waals surface area contributed by atoms with E-state index in [0.29, 0.717) is 14.7 Å². The Kier molecular flexibility index (Phi) is 2.28. The lowest BCUT2D eigenvalue weighted by Crippen LogP contribution is -2.16. The highest BCUT2D eigenvalue weighted by molar-refractivity contribution is 14.1. The molecule has 0 fully saturated rings. The summed E-state index contributed by atoms with van der Waals surface area (Å²) in [6.45, 7) is 0. The summed E-state index contributed by atoms with van der Waals surface area (Å²) in [6.07, 6.45) is 0. The van der Waals surface area contributed by atoms with E-state index in [2.05, 4.69) is 27.6 Å². The molecule has 0 aromatic carbocycles. The van der Waals surface area contributed by atoms with E-state index in [1.165, 1.54) is 0 Å². The van der Waals surface area contributed by atoms with Crippen LogP contribution >= 0.6 is 35.2 Å². The van der Waals surface area contributed by atoms with Crippen LogP contribution in [0.15, 0.2) is 5.16 Å². The first kappa shape index (κ1) is 7.26. The zero-order valence-electron chi connectivity index (χ0n) is 4.67. The molecule has 0 radical (unpaired) electrons. The number of halogens is 1. The van der Waals surface area contributed by atoms with Crippen LogP contribution in [0, 0.1) is 3.83 Å². The van der Waals surface area contributed by atoms with Gasteiger partial charge in [-0.2, -0.15) is 4.98 Å². The SMILES string of the molecule is Bc1nc(S)nc(I)n1. The standard InChI is InChI=1S/C3H3BIN3S/c4-1-6-2(5)8-3(9)7-1/h4H2,(H,6,7,8,9). The second kappa shape index (κ2) is 2.83. The minimum Gasteiger partial charge on any atom is -0.220 e. The summed E-state index contributed by atoms with van der Waals surface area (Å²) in [5, 5.41) is 0.479. The summed E-state index contributed by atoms with van der Waals surface area (Å²) in [6, 6.07) is 0. The van der Waals surface area contributed by atoms with Crippen LogP contribution in [0.2, 0.25) is 0 Å². The Bertz CT molecular complexity index is 180. The second-order valence-electron chi connectivity index (χ2n) is 1.45. The zero-order chi connectivity index (χ0) is 6.85. The van der Waals surface area contributed by atoms with E-state index in [4.69, 9.17) is 0 Å². The van der Waals surface area contributed by atoms with Crippen LogP contribution in [0.3, 0.4) is 0 Å². The van der Waals surface area contributed by atoms with Crippen molar-refractivity contribution >= 4 is 48.8 Å². The van der Waals surface area contributed by atoms with E-state index in [9.17, 15) is 0 Å². The summed E-state index contributed by atoms with van der Waals surface area (Å²) in [4.78, 5) is 11.7. The lowest BCUT2D eigenvalue weighted by Gasteiger charge is -1.92. The molecule has 0 unspecified atom stereocenters. The summed E-state index contributed by atoms with van der Waals surface area (Å²) < 4.78 is 0.685. The molecule has 6 heteroatoms. The van der Waals surface area contributed by atoms with Crippen molar-refractivity contribution in [3.8, 4) is 0 Å². The average Bonchev–Trinajstić information content (AvgIpc) is 1.59. The van der Waals surface area contributed by atoms with E-state index < -0.39 is 0 Å². The molecule has 0 atom stereocenters. The largest absolute Gasteiger partial charge is 0.220 e. The summed E-state index contributed by atoms with van der Waals surface area (Å²) in [7, 11) is 1.81. The van der Waals surface area contributed by atoms with E-state index in [0.717, 1.165) is 0 Å². The van der Waals surface area contributed by atoms with Gasteiger partial charge in [0.15, 0.2) is 16.8 Å². The molecule has 1 aromatic heterocycles. The number of hydrogen-bond acceptors (Lipinski definition) is 4. The van der Waals surface area contributed by atoms with Gasteiger partial charge in [0.1, 0.15) is 0 Å². The maximum Gasteiger partial charge on any atom is 0.194 e. The predicted octanol–water partition coefficient (Wildman–Crippen LogP) is -0.977. The monoisotopic (exact) mass is 251 g/mol. The third-order valence-corrected chi connectivity index (χ3v) is 1.39.